The Balaban J connectivity index is 2.27. The van der Waals surface area contributed by atoms with Crippen molar-refractivity contribution in [2.45, 2.75) is 18.6 Å². The van der Waals surface area contributed by atoms with E-state index in [1.807, 2.05) is 0 Å². The van der Waals surface area contributed by atoms with E-state index in [0.29, 0.717) is 15.7 Å². The molecular formula is C12H13BrN2O4. The summed E-state index contributed by atoms with van der Waals surface area (Å²) >= 11 is 3.22. The number of nitrogens with two attached hydrogens (primary N) is 1. The molecule has 19 heavy (non-hydrogen) atoms. The summed E-state index contributed by atoms with van der Waals surface area (Å²) in [7, 11) is 0. The molecule has 0 bridgehead atoms. The van der Waals surface area contributed by atoms with Gasteiger partial charge in [-0.15, -0.1) is 0 Å². The molecule has 1 aromatic carbocycles. The second-order valence-corrected chi connectivity index (χ2v) is 5.29. The van der Waals surface area contributed by atoms with Gasteiger partial charge in [0.2, 0.25) is 0 Å². The average Bonchev–Trinajstić information content (AvgIpc) is 2.74. The van der Waals surface area contributed by atoms with E-state index in [2.05, 4.69) is 15.9 Å². The smallest absolute Gasteiger partial charge is 0.326 e. The summed E-state index contributed by atoms with van der Waals surface area (Å²) in [6.07, 6.45) is -0.751. The van der Waals surface area contributed by atoms with Gasteiger partial charge in [0.25, 0.3) is 5.91 Å². The Labute approximate surface area is 117 Å². The van der Waals surface area contributed by atoms with Crippen molar-refractivity contribution >= 4 is 33.5 Å². The van der Waals surface area contributed by atoms with E-state index in [1.54, 1.807) is 12.1 Å². The number of nitrogen functional groups attached to an aromatic ring is 1. The number of likely N-dealkylation sites (tertiary alicyclic amines) is 1. The predicted octanol–water partition coefficient (Wildman–Crippen LogP) is 0.691. The normalized spacial score (nSPS) is 22.5. The van der Waals surface area contributed by atoms with E-state index in [-0.39, 0.29) is 13.0 Å². The maximum Gasteiger partial charge on any atom is 0.326 e. The number of carbonyl (C=O) groups is 2. The average molecular weight is 329 g/mol. The van der Waals surface area contributed by atoms with Crippen molar-refractivity contribution in [1.82, 2.24) is 4.90 Å². The molecule has 1 saturated heterocycles. The second-order valence-electron chi connectivity index (χ2n) is 4.44. The standard InChI is InChI=1S/C12H13BrN2O4/c13-8-3-6(1-2-9(8)14)11(17)15-5-7(16)4-10(15)12(18)19/h1-3,7,10,16H,4-5,14H2,(H,18,19)/t7?,10-/m0/s1. The predicted molar refractivity (Wildman–Crippen MR) is 71.6 cm³/mol. The van der Waals surface area contributed by atoms with Crippen LogP contribution in [0.5, 0.6) is 0 Å². The zero-order chi connectivity index (χ0) is 14.2. The number of carboxylic acid groups (broad SMARTS) is 1. The molecule has 102 valence electrons. The van der Waals surface area contributed by atoms with E-state index in [4.69, 9.17) is 10.8 Å². The lowest BCUT2D eigenvalue weighted by molar-refractivity contribution is -0.141. The Morgan fingerprint density at radius 3 is 2.68 bits per heavy atom. The van der Waals surface area contributed by atoms with Gasteiger partial charge in [-0.05, 0) is 34.1 Å². The third-order valence-corrected chi connectivity index (χ3v) is 3.76. The van der Waals surface area contributed by atoms with Crippen molar-refractivity contribution in [3.8, 4) is 0 Å². The molecule has 1 aliphatic rings. The molecule has 0 aromatic heterocycles. The first-order chi connectivity index (χ1) is 8.90. The van der Waals surface area contributed by atoms with E-state index in [0.717, 1.165) is 0 Å². The fourth-order valence-corrected chi connectivity index (χ4v) is 2.48. The Bertz CT molecular complexity index is 534. The van der Waals surface area contributed by atoms with E-state index < -0.39 is 24.0 Å². The highest BCUT2D eigenvalue weighted by atomic mass is 79.9. The number of aliphatic carboxylic acids is 1. The second kappa shape index (κ2) is 5.18. The summed E-state index contributed by atoms with van der Waals surface area (Å²) in [6.45, 7) is 0.0256. The minimum atomic E-state index is -1.11. The van der Waals surface area contributed by atoms with Crippen LogP contribution >= 0.6 is 15.9 Å². The van der Waals surface area contributed by atoms with Crippen molar-refractivity contribution in [3.63, 3.8) is 0 Å². The van der Waals surface area contributed by atoms with Gasteiger partial charge in [0.15, 0.2) is 0 Å². The number of anilines is 1. The number of carbonyl (C=O) groups excluding carboxylic acids is 1. The Kier molecular flexibility index (Phi) is 3.77. The van der Waals surface area contributed by atoms with Gasteiger partial charge in [-0.25, -0.2) is 4.79 Å². The van der Waals surface area contributed by atoms with Crippen LogP contribution in [-0.2, 0) is 4.79 Å². The SMILES string of the molecule is Nc1ccc(C(=O)N2CC(O)C[C@H]2C(=O)O)cc1Br. The molecular weight excluding hydrogens is 316 g/mol. The topological polar surface area (TPSA) is 104 Å². The molecule has 6 nitrogen and oxygen atoms in total. The number of β-amino-alcohol motifs (C(OH)–C–C–N with tert-alkyl or cyclic N) is 1. The highest BCUT2D eigenvalue weighted by Gasteiger charge is 2.39. The number of hydrogen-bond donors (Lipinski definition) is 3. The van der Waals surface area contributed by atoms with E-state index in [9.17, 15) is 14.7 Å². The molecule has 0 radical (unpaired) electrons. The fourth-order valence-electron chi connectivity index (χ4n) is 2.10. The molecule has 7 heteroatoms. The van der Waals surface area contributed by atoms with Crippen LogP contribution in [0.2, 0.25) is 0 Å². The van der Waals surface area contributed by atoms with Crippen LogP contribution in [0.15, 0.2) is 22.7 Å². The number of aliphatic hydroxyl groups excluding tert-OH is 1. The maximum absolute atomic E-state index is 12.3. The van der Waals surface area contributed by atoms with Crippen molar-refractivity contribution in [2.75, 3.05) is 12.3 Å². The van der Waals surface area contributed by atoms with Gasteiger partial charge in [0.05, 0.1) is 6.10 Å². The molecule has 2 atom stereocenters. The first-order valence-electron chi connectivity index (χ1n) is 5.67. The molecule has 1 heterocycles. The van der Waals surface area contributed by atoms with Gasteiger partial charge in [0, 0.05) is 28.7 Å². The van der Waals surface area contributed by atoms with Crippen LogP contribution in [0.25, 0.3) is 0 Å². The Morgan fingerprint density at radius 1 is 1.42 bits per heavy atom. The monoisotopic (exact) mass is 328 g/mol. The van der Waals surface area contributed by atoms with Crippen molar-refractivity contribution in [1.29, 1.82) is 0 Å². The summed E-state index contributed by atoms with van der Waals surface area (Å²) in [5, 5.41) is 18.6. The zero-order valence-corrected chi connectivity index (χ0v) is 11.5. The summed E-state index contributed by atoms with van der Waals surface area (Å²) in [6, 6.07) is 3.66. The molecule has 1 amide bonds. The van der Waals surface area contributed by atoms with E-state index >= 15 is 0 Å². The van der Waals surface area contributed by atoms with Crippen molar-refractivity contribution in [3.05, 3.63) is 28.2 Å². The molecule has 1 aromatic rings. The molecule has 2 rings (SSSR count). The fraction of sp³-hybridized carbons (Fsp3) is 0.333. The first kappa shape index (κ1) is 13.8. The quantitative estimate of drug-likeness (QED) is 0.693. The number of aliphatic hydroxyl groups is 1. The molecule has 0 spiro atoms. The molecule has 1 unspecified atom stereocenters. The zero-order valence-electron chi connectivity index (χ0n) is 9.91. The molecule has 1 fully saturated rings. The summed E-state index contributed by atoms with van der Waals surface area (Å²) in [5.41, 5.74) is 6.46. The van der Waals surface area contributed by atoms with Gasteiger partial charge < -0.3 is 20.8 Å². The molecule has 0 aliphatic carbocycles. The van der Waals surface area contributed by atoms with Crippen LogP contribution < -0.4 is 5.73 Å². The summed E-state index contributed by atoms with van der Waals surface area (Å²) < 4.78 is 0.574. The van der Waals surface area contributed by atoms with Crippen LogP contribution in [-0.4, -0.2) is 45.7 Å². The van der Waals surface area contributed by atoms with Crippen molar-refractivity contribution in [2.24, 2.45) is 0 Å². The minimum absolute atomic E-state index is 0.0256. The van der Waals surface area contributed by atoms with Crippen LogP contribution in [0.4, 0.5) is 5.69 Å². The van der Waals surface area contributed by atoms with Crippen LogP contribution in [0, 0.1) is 0 Å². The minimum Gasteiger partial charge on any atom is -0.480 e. The third kappa shape index (κ3) is 2.71. The largest absolute Gasteiger partial charge is 0.480 e. The summed E-state index contributed by atoms with van der Waals surface area (Å²) in [5.74, 6) is -1.54. The summed E-state index contributed by atoms with van der Waals surface area (Å²) in [4.78, 5) is 24.5. The number of benzene rings is 1. The van der Waals surface area contributed by atoms with Crippen LogP contribution in [0.3, 0.4) is 0 Å². The van der Waals surface area contributed by atoms with Gasteiger partial charge in [-0.2, -0.15) is 0 Å². The maximum atomic E-state index is 12.3. The van der Waals surface area contributed by atoms with Gasteiger partial charge in [0.1, 0.15) is 6.04 Å². The van der Waals surface area contributed by atoms with Gasteiger partial charge >= 0.3 is 5.97 Å². The number of carboxylic acids is 1. The van der Waals surface area contributed by atoms with Gasteiger partial charge in [-0.1, -0.05) is 0 Å². The number of nitrogens with zero attached hydrogens (tertiary/aromatic N) is 1. The highest BCUT2D eigenvalue weighted by Crippen LogP contribution is 2.25. The number of rotatable bonds is 2. The lowest BCUT2D eigenvalue weighted by Crippen LogP contribution is -2.40. The van der Waals surface area contributed by atoms with Gasteiger partial charge in [-0.3, -0.25) is 4.79 Å². The Morgan fingerprint density at radius 2 is 2.11 bits per heavy atom. The van der Waals surface area contributed by atoms with Crippen molar-refractivity contribution < 1.29 is 19.8 Å². The number of amides is 1. The lowest BCUT2D eigenvalue weighted by atomic mass is 10.1. The van der Waals surface area contributed by atoms with E-state index in [1.165, 1.54) is 11.0 Å². The number of hydrogen-bond acceptors (Lipinski definition) is 4. The first-order valence-corrected chi connectivity index (χ1v) is 6.46. The number of halogens is 1. The Hall–Kier alpha value is -1.60. The molecule has 0 saturated carbocycles. The van der Waals surface area contributed by atoms with Crippen LogP contribution in [0.1, 0.15) is 16.8 Å². The molecule has 1 aliphatic heterocycles. The lowest BCUT2D eigenvalue weighted by Gasteiger charge is -2.21. The third-order valence-electron chi connectivity index (χ3n) is 3.07. The highest BCUT2D eigenvalue weighted by molar-refractivity contribution is 9.10. The molecule has 4 N–H and O–H groups in total.